The van der Waals surface area contributed by atoms with E-state index in [9.17, 15) is 4.79 Å². The predicted octanol–water partition coefficient (Wildman–Crippen LogP) is 0.890. The predicted molar refractivity (Wildman–Crippen MR) is 49.3 cm³/mol. The number of carbonyl (C=O) groups excluding carboxylic acids is 1. The molecule has 0 aliphatic carbocycles. The van der Waals surface area contributed by atoms with Gasteiger partial charge in [-0.3, -0.25) is 4.79 Å². The van der Waals surface area contributed by atoms with Crippen LogP contribution < -0.4 is 0 Å². The number of nitrogens with zero attached hydrogens (tertiary/aromatic N) is 1. The first-order valence-corrected chi connectivity index (χ1v) is 5.07. The summed E-state index contributed by atoms with van der Waals surface area (Å²) in [5.74, 6) is 1.37. The Morgan fingerprint density at radius 3 is 3.00 bits per heavy atom. The highest BCUT2D eigenvalue weighted by atomic mass is 16.5. The van der Waals surface area contributed by atoms with Crippen molar-refractivity contribution < 1.29 is 9.53 Å². The van der Waals surface area contributed by atoms with Crippen LogP contribution in [-0.4, -0.2) is 37.1 Å². The number of rotatable bonds is 1. The van der Waals surface area contributed by atoms with E-state index in [1.807, 2.05) is 11.9 Å². The lowest BCUT2D eigenvalue weighted by atomic mass is 9.81. The molecular formula is C10H17NO2. The quantitative estimate of drug-likeness (QED) is 0.604. The maximum Gasteiger partial charge on any atom is 0.222 e. The van der Waals surface area contributed by atoms with Crippen molar-refractivity contribution in [2.24, 2.45) is 11.8 Å². The largest absolute Gasteiger partial charge is 0.381 e. The highest BCUT2D eigenvalue weighted by molar-refractivity contribution is 5.77. The number of fused-ring (bicyclic) bond motifs is 1. The van der Waals surface area contributed by atoms with Crippen LogP contribution in [0.5, 0.6) is 0 Å². The standard InChI is InChI=1S/C10H17NO2/c1-3-9-8-6-13-5-7(8)4-10(12)11(9)2/h7-9H,3-6H2,1-2H3. The molecule has 0 radical (unpaired) electrons. The Bertz CT molecular complexity index is 217. The van der Waals surface area contributed by atoms with Crippen LogP contribution in [-0.2, 0) is 9.53 Å². The molecule has 74 valence electrons. The average molecular weight is 183 g/mol. The molecular weight excluding hydrogens is 166 g/mol. The minimum atomic E-state index is 0.290. The Labute approximate surface area is 79.0 Å². The fourth-order valence-electron chi connectivity index (χ4n) is 2.67. The van der Waals surface area contributed by atoms with Crippen molar-refractivity contribution >= 4 is 5.91 Å². The summed E-state index contributed by atoms with van der Waals surface area (Å²) in [5, 5.41) is 0. The number of hydrogen-bond donors (Lipinski definition) is 0. The lowest BCUT2D eigenvalue weighted by molar-refractivity contribution is -0.138. The van der Waals surface area contributed by atoms with Crippen LogP contribution in [0.2, 0.25) is 0 Å². The molecule has 2 aliphatic rings. The zero-order chi connectivity index (χ0) is 9.42. The van der Waals surface area contributed by atoms with Gasteiger partial charge in [0.1, 0.15) is 0 Å². The maximum absolute atomic E-state index is 11.6. The molecule has 3 heteroatoms. The number of ether oxygens (including phenoxy) is 1. The van der Waals surface area contributed by atoms with Gasteiger partial charge in [0.2, 0.25) is 5.91 Å². The summed E-state index contributed by atoms with van der Waals surface area (Å²) in [6.45, 7) is 3.79. The average Bonchev–Trinajstić information content (AvgIpc) is 2.54. The number of piperidine rings is 1. The van der Waals surface area contributed by atoms with Crippen molar-refractivity contribution in [2.75, 3.05) is 20.3 Å². The van der Waals surface area contributed by atoms with Gasteiger partial charge < -0.3 is 9.64 Å². The Morgan fingerprint density at radius 1 is 1.54 bits per heavy atom. The number of hydrogen-bond acceptors (Lipinski definition) is 2. The zero-order valence-electron chi connectivity index (χ0n) is 8.32. The zero-order valence-corrected chi connectivity index (χ0v) is 8.32. The van der Waals surface area contributed by atoms with Gasteiger partial charge in [0, 0.05) is 25.4 Å². The van der Waals surface area contributed by atoms with Crippen LogP contribution in [0, 0.1) is 11.8 Å². The van der Waals surface area contributed by atoms with Gasteiger partial charge >= 0.3 is 0 Å². The monoisotopic (exact) mass is 183 g/mol. The summed E-state index contributed by atoms with van der Waals surface area (Å²) < 4.78 is 5.44. The maximum atomic E-state index is 11.6. The van der Waals surface area contributed by atoms with Gasteiger partial charge in [-0.15, -0.1) is 0 Å². The first kappa shape index (κ1) is 9.00. The topological polar surface area (TPSA) is 29.5 Å². The molecule has 3 atom stereocenters. The van der Waals surface area contributed by atoms with Gasteiger partial charge in [-0.1, -0.05) is 6.92 Å². The van der Waals surface area contributed by atoms with Crippen molar-refractivity contribution in [1.29, 1.82) is 0 Å². The van der Waals surface area contributed by atoms with E-state index in [1.54, 1.807) is 0 Å². The SMILES string of the molecule is CCC1C2COCC2CC(=O)N1C. The third-order valence-electron chi connectivity index (χ3n) is 3.49. The number of amides is 1. The van der Waals surface area contributed by atoms with E-state index >= 15 is 0 Å². The summed E-state index contributed by atoms with van der Waals surface area (Å²) >= 11 is 0. The van der Waals surface area contributed by atoms with E-state index in [2.05, 4.69) is 6.92 Å². The molecule has 1 amide bonds. The van der Waals surface area contributed by atoms with Crippen LogP contribution >= 0.6 is 0 Å². The van der Waals surface area contributed by atoms with Gasteiger partial charge in [0.25, 0.3) is 0 Å². The first-order chi connectivity index (χ1) is 6.24. The van der Waals surface area contributed by atoms with Crippen LogP contribution in [0.3, 0.4) is 0 Å². The molecule has 0 spiro atoms. The molecule has 3 nitrogen and oxygen atoms in total. The Kier molecular flexibility index (Phi) is 2.28. The Balaban J connectivity index is 2.16. The van der Waals surface area contributed by atoms with E-state index in [-0.39, 0.29) is 0 Å². The number of likely N-dealkylation sites (tertiary alicyclic amines) is 1. The highest BCUT2D eigenvalue weighted by Gasteiger charge is 2.42. The lowest BCUT2D eigenvalue weighted by Crippen LogP contribution is -2.49. The van der Waals surface area contributed by atoms with E-state index < -0.39 is 0 Å². The minimum absolute atomic E-state index is 0.290. The highest BCUT2D eigenvalue weighted by Crippen LogP contribution is 2.35. The molecule has 2 rings (SSSR count). The first-order valence-electron chi connectivity index (χ1n) is 5.07. The van der Waals surface area contributed by atoms with Crippen molar-refractivity contribution in [1.82, 2.24) is 4.90 Å². The van der Waals surface area contributed by atoms with Gasteiger partial charge in [-0.05, 0) is 12.3 Å². The molecule has 0 N–H and O–H groups in total. The molecule has 0 aromatic rings. The molecule has 2 fully saturated rings. The Morgan fingerprint density at radius 2 is 2.31 bits per heavy atom. The molecule has 2 aliphatic heterocycles. The smallest absolute Gasteiger partial charge is 0.222 e. The van der Waals surface area contributed by atoms with Gasteiger partial charge in [-0.25, -0.2) is 0 Å². The van der Waals surface area contributed by atoms with Crippen LogP contribution in [0.15, 0.2) is 0 Å². The molecule has 0 aromatic heterocycles. The van der Waals surface area contributed by atoms with Crippen molar-refractivity contribution in [3.05, 3.63) is 0 Å². The van der Waals surface area contributed by atoms with Crippen LogP contribution in [0.1, 0.15) is 19.8 Å². The van der Waals surface area contributed by atoms with Crippen LogP contribution in [0.4, 0.5) is 0 Å². The number of carbonyl (C=O) groups is 1. The second kappa shape index (κ2) is 3.29. The summed E-state index contributed by atoms with van der Waals surface area (Å²) in [4.78, 5) is 13.5. The van der Waals surface area contributed by atoms with Crippen molar-refractivity contribution in [3.8, 4) is 0 Å². The van der Waals surface area contributed by atoms with E-state index in [4.69, 9.17) is 4.74 Å². The third kappa shape index (κ3) is 1.35. The van der Waals surface area contributed by atoms with Gasteiger partial charge in [0.05, 0.1) is 13.2 Å². The second-order valence-electron chi connectivity index (χ2n) is 4.15. The normalized spacial score (nSPS) is 39.4. The van der Waals surface area contributed by atoms with Crippen LogP contribution in [0.25, 0.3) is 0 Å². The fourth-order valence-corrected chi connectivity index (χ4v) is 2.67. The van der Waals surface area contributed by atoms with Crippen molar-refractivity contribution in [3.63, 3.8) is 0 Å². The minimum Gasteiger partial charge on any atom is -0.381 e. The van der Waals surface area contributed by atoms with E-state index in [1.165, 1.54) is 0 Å². The Hall–Kier alpha value is -0.570. The summed E-state index contributed by atoms with van der Waals surface area (Å²) in [6, 6.07) is 0.411. The van der Waals surface area contributed by atoms with Crippen molar-refractivity contribution in [2.45, 2.75) is 25.8 Å². The lowest BCUT2D eigenvalue weighted by Gasteiger charge is -2.39. The fraction of sp³-hybridized carbons (Fsp3) is 0.900. The van der Waals surface area contributed by atoms with E-state index in [0.29, 0.717) is 30.2 Å². The molecule has 0 aromatic carbocycles. The molecule has 2 heterocycles. The molecule has 2 saturated heterocycles. The molecule has 13 heavy (non-hydrogen) atoms. The van der Waals surface area contributed by atoms with Gasteiger partial charge in [-0.2, -0.15) is 0 Å². The summed E-state index contributed by atoms with van der Waals surface area (Å²) in [6.07, 6.45) is 1.74. The summed E-state index contributed by atoms with van der Waals surface area (Å²) in [7, 11) is 1.92. The van der Waals surface area contributed by atoms with E-state index in [0.717, 1.165) is 19.6 Å². The second-order valence-corrected chi connectivity index (χ2v) is 4.15. The molecule has 0 bridgehead atoms. The molecule has 3 unspecified atom stereocenters. The third-order valence-corrected chi connectivity index (χ3v) is 3.49. The molecule has 0 saturated carbocycles. The summed E-state index contributed by atoms with van der Waals surface area (Å²) in [5.41, 5.74) is 0. The van der Waals surface area contributed by atoms with Gasteiger partial charge in [0.15, 0.2) is 0 Å².